The van der Waals surface area contributed by atoms with Crippen molar-refractivity contribution >= 4 is 28.0 Å². The quantitative estimate of drug-likeness (QED) is 0.466. The molecule has 156 valence electrons. The van der Waals surface area contributed by atoms with E-state index in [0.29, 0.717) is 24.0 Å². The second-order valence-electron chi connectivity index (χ2n) is 7.25. The number of hydrogen-bond acceptors (Lipinski definition) is 5. The summed E-state index contributed by atoms with van der Waals surface area (Å²) in [4.78, 5) is 43.8. The van der Waals surface area contributed by atoms with Gasteiger partial charge in [0.15, 0.2) is 11.2 Å². The SMILES string of the molecule is Cn1c(=O)c2c(ncn2CCOC(=O)CCCc2c[nH]c3ccccc23)n(C)c1=O. The van der Waals surface area contributed by atoms with Gasteiger partial charge < -0.3 is 14.3 Å². The summed E-state index contributed by atoms with van der Waals surface area (Å²) in [5.41, 5.74) is 2.05. The normalized spacial score (nSPS) is 11.4. The third-order valence-corrected chi connectivity index (χ3v) is 5.31. The fraction of sp³-hybridized carbons (Fsp3) is 0.333. The molecule has 0 spiro atoms. The number of aryl methyl sites for hydroxylation is 2. The second kappa shape index (κ2) is 8.02. The summed E-state index contributed by atoms with van der Waals surface area (Å²) >= 11 is 0. The van der Waals surface area contributed by atoms with Crippen LogP contribution in [0.5, 0.6) is 0 Å². The van der Waals surface area contributed by atoms with Gasteiger partial charge in [-0.2, -0.15) is 0 Å². The van der Waals surface area contributed by atoms with E-state index in [2.05, 4.69) is 16.0 Å². The van der Waals surface area contributed by atoms with Crippen LogP contribution in [-0.2, 0) is 36.6 Å². The zero-order valence-corrected chi connectivity index (χ0v) is 16.9. The van der Waals surface area contributed by atoms with E-state index < -0.39 is 11.2 Å². The van der Waals surface area contributed by atoms with Gasteiger partial charge in [0.1, 0.15) is 6.61 Å². The summed E-state index contributed by atoms with van der Waals surface area (Å²) in [6.45, 7) is 0.418. The number of para-hydroxylation sites is 1. The molecule has 0 atom stereocenters. The van der Waals surface area contributed by atoms with Crippen molar-refractivity contribution in [3.8, 4) is 0 Å². The molecule has 1 aromatic carbocycles. The Balaban J connectivity index is 1.32. The van der Waals surface area contributed by atoms with Crippen LogP contribution in [-0.4, -0.2) is 36.2 Å². The van der Waals surface area contributed by atoms with Crippen molar-refractivity contribution in [1.29, 1.82) is 0 Å². The standard InChI is InChI=1S/C21H23N5O4/c1-24-19-18(20(28)25(2)21(24)29)26(13-23-19)10-11-30-17(27)9-5-6-14-12-22-16-8-4-3-7-15(14)16/h3-4,7-8,12-13,22H,5-6,9-11H2,1-2H3. The lowest BCUT2D eigenvalue weighted by Gasteiger charge is -2.08. The zero-order valence-electron chi connectivity index (χ0n) is 16.9. The summed E-state index contributed by atoms with van der Waals surface area (Å²) in [5.74, 6) is -0.278. The van der Waals surface area contributed by atoms with Gasteiger partial charge in [-0.25, -0.2) is 9.78 Å². The van der Waals surface area contributed by atoms with Crippen LogP contribution in [0.3, 0.4) is 0 Å². The molecule has 1 N–H and O–H groups in total. The third-order valence-electron chi connectivity index (χ3n) is 5.31. The molecule has 0 amide bonds. The molecule has 0 radical (unpaired) electrons. The minimum atomic E-state index is -0.431. The Morgan fingerprint density at radius 1 is 1.17 bits per heavy atom. The zero-order chi connectivity index (χ0) is 21.3. The van der Waals surface area contributed by atoms with Crippen molar-refractivity contribution in [2.75, 3.05) is 6.61 Å². The van der Waals surface area contributed by atoms with Gasteiger partial charge in [-0.15, -0.1) is 0 Å². The number of hydrogen-bond donors (Lipinski definition) is 1. The molecule has 0 aliphatic carbocycles. The molecule has 0 saturated carbocycles. The Hall–Kier alpha value is -3.62. The first kappa shape index (κ1) is 19.7. The third kappa shape index (κ3) is 3.54. The molecule has 9 heteroatoms. The molecule has 30 heavy (non-hydrogen) atoms. The fourth-order valence-electron chi connectivity index (χ4n) is 3.66. The number of aromatic amines is 1. The van der Waals surface area contributed by atoms with E-state index in [1.54, 1.807) is 11.6 Å². The highest BCUT2D eigenvalue weighted by Gasteiger charge is 2.14. The van der Waals surface area contributed by atoms with Gasteiger partial charge in [0.05, 0.1) is 12.9 Å². The average Bonchev–Trinajstić information content (AvgIpc) is 3.35. The van der Waals surface area contributed by atoms with Crippen LogP contribution >= 0.6 is 0 Å². The van der Waals surface area contributed by atoms with Crippen molar-refractivity contribution in [2.24, 2.45) is 14.1 Å². The van der Waals surface area contributed by atoms with Gasteiger partial charge in [-0.1, -0.05) is 18.2 Å². The molecular weight excluding hydrogens is 386 g/mol. The number of carbonyl (C=O) groups excluding carboxylic acids is 1. The molecule has 3 heterocycles. The highest BCUT2D eigenvalue weighted by molar-refractivity contribution is 5.83. The smallest absolute Gasteiger partial charge is 0.332 e. The number of H-pyrrole nitrogens is 1. The number of carbonyl (C=O) groups is 1. The average molecular weight is 409 g/mol. The van der Waals surface area contributed by atoms with Gasteiger partial charge in [-0.3, -0.25) is 18.7 Å². The molecule has 9 nitrogen and oxygen atoms in total. The van der Waals surface area contributed by atoms with Crippen molar-refractivity contribution in [1.82, 2.24) is 23.7 Å². The molecular formula is C21H23N5O4. The van der Waals surface area contributed by atoms with Gasteiger partial charge in [0.25, 0.3) is 5.56 Å². The van der Waals surface area contributed by atoms with Crippen LogP contribution < -0.4 is 11.2 Å². The topological polar surface area (TPSA) is 104 Å². The maximum absolute atomic E-state index is 12.4. The number of aromatic nitrogens is 5. The lowest BCUT2D eigenvalue weighted by atomic mass is 10.1. The number of nitrogens with one attached hydrogen (secondary N) is 1. The van der Waals surface area contributed by atoms with Crippen molar-refractivity contribution in [2.45, 2.75) is 25.8 Å². The van der Waals surface area contributed by atoms with Crippen molar-refractivity contribution in [3.05, 3.63) is 63.2 Å². The number of fused-ring (bicyclic) bond motifs is 2. The van der Waals surface area contributed by atoms with Crippen LogP contribution in [0.4, 0.5) is 0 Å². The van der Waals surface area contributed by atoms with E-state index in [1.807, 2.05) is 24.4 Å². The molecule has 0 aliphatic rings. The minimum absolute atomic E-state index is 0.128. The summed E-state index contributed by atoms with van der Waals surface area (Å²) in [7, 11) is 2.99. The van der Waals surface area contributed by atoms with E-state index >= 15 is 0 Å². The molecule has 0 fully saturated rings. The van der Waals surface area contributed by atoms with Crippen molar-refractivity contribution < 1.29 is 9.53 Å². The number of benzene rings is 1. The highest BCUT2D eigenvalue weighted by atomic mass is 16.5. The van der Waals surface area contributed by atoms with Crippen LogP contribution in [0.15, 0.2) is 46.4 Å². The summed E-state index contributed by atoms with van der Waals surface area (Å²) in [6, 6.07) is 8.07. The molecule has 0 aliphatic heterocycles. The number of nitrogens with zero attached hydrogens (tertiary/aromatic N) is 4. The van der Waals surface area contributed by atoms with Gasteiger partial charge in [0.2, 0.25) is 0 Å². The van der Waals surface area contributed by atoms with Gasteiger partial charge in [-0.05, 0) is 24.5 Å². The summed E-state index contributed by atoms with van der Waals surface area (Å²) < 4.78 is 9.29. The first-order valence-corrected chi connectivity index (χ1v) is 9.79. The highest BCUT2D eigenvalue weighted by Crippen LogP contribution is 2.19. The Morgan fingerprint density at radius 2 is 1.97 bits per heavy atom. The lowest BCUT2D eigenvalue weighted by molar-refractivity contribution is -0.144. The van der Waals surface area contributed by atoms with E-state index in [9.17, 15) is 14.4 Å². The molecule has 0 bridgehead atoms. The van der Waals surface area contributed by atoms with Crippen LogP contribution in [0, 0.1) is 0 Å². The number of ether oxygens (including phenoxy) is 1. The maximum atomic E-state index is 12.4. The lowest BCUT2D eigenvalue weighted by Crippen LogP contribution is -2.37. The summed E-state index contributed by atoms with van der Waals surface area (Å²) in [5, 5.41) is 1.17. The largest absolute Gasteiger partial charge is 0.464 e. The van der Waals surface area contributed by atoms with E-state index in [4.69, 9.17) is 4.74 Å². The Labute approximate surface area is 171 Å². The van der Waals surface area contributed by atoms with Crippen LogP contribution in [0.25, 0.3) is 22.1 Å². The summed E-state index contributed by atoms with van der Waals surface area (Å²) in [6.07, 6.45) is 5.26. The van der Waals surface area contributed by atoms with Crippen molar-refractivity contribution in [3.63, 3.8) is 0 Å². The molecule has 3 aromatic heterocycles. The molecule has 0 saturated heterocycles. The first-order valence-electron chi connectivity index (χ1n) is 9.79. The van der Waals surface area contributed by atoms with Crippen LogP contribution in [0.1, 0.15) is 18.4 Å². The van der Waals surface area contributed by atoms with Crippen LogP contribution in [0.2, 0.25) is 0 Å². The van der Waals surface area contributed by atoms with E-state index in [1.165, 1.54) is 28.9 Å². The molecule has 4 aromatic rings. The fourth-order valence-corrected chi connectivity index (χ4v) is 3.66. The molecule has 4 rings (SSSR count). The minimum Gasteiger partial charge on any atom is -0.464 e. The van der Waals surface area contributed by atoms with Gasteiger partial charge >= 0.3 is 11.7 Å². The second-order valence-corrected chi connectivity index (χ2v) is 7.25. The first-order chi connectivity index (χ1) is 14.5. The van der Waals surface area contributed by atoms with Gasteiger partial charge in [0, 0.05) is 37.6 Å². The molecule has 0 unspecified atom stereocenters. The predicted molar refractivity (Wildman–Crippen MR) is 112 cm³/mol. The number of rotatable bonds is 7. The Bertz CT molecular complexity index is 1340. The number of imidazole rings is 1. The Morgan fingerprint density at radius 3 is 2.80 bits per heavy atom. The Kier molecular flexibility index (Phi) is 5.26. The van der Waals surface area contributed by atoms with E-state index in [0.717, 1.165) is 16.5 Å². The monoisotopic (exact) mass is 409 g/mol. The maximum Gasteiger partial charge on any atom is 0.332 e. The number of esters is 1. The predicted octanol–water partition coefficient (Wildman–Crippen LogP) is 1.48. The van der Waals surface area contributed by atoms with E-state index in [-0.39, 0.29) is 19.1 Å².